The van der Waals surface area contributed by atoms with Gasteiger partial charge in [-0.2, -0.15) is 4.31 Å². The molecule has 0 aromatic heterocycles. The SMILES string of the molecule is CCCCN(CCO)S(=O)(=O)c1ccc(NCC)cc1. The highest BCUT2D eigenvalue weighted by Gasteiger charge is 2.23. The molecule has 0 spiro atoms. The Balaban J connectivity index is 2.93. The van der Waals surface area contributed by atoms with Gasteiger partial charge < -0.3 is 10.4 Å². The van der Waals surface area contributed by atoms with Crippen molar-refractivity contribution in [1.82, 2.24) is 4.31 Å². The normalized spacial score (nSPS) is 11.8. The van der Waals surface area contributed by atoms with Crippen LogP contribution in [0.4, 0.5) is 5.69 Å². The zero-order valence-corrected chi connectivity index (χ0v) is 13.0. The monoisotopic (exact) mass is 300 g/mol. The summed E-state index contributed by atoms with van der Waals surface area (Å²) in [6, 6.07) is 6.72. The third-order valence-corrected chi connectivity index (χ3v) is 4.90. The summed E-state index contributed by atoms with van der Waals surface area (Å²) in [5.74, 6) is 0. The van der Waals surface area contributed by atoms with Crippen LogP contribution in [0.2, 0.25) is 0 Å². The maximum atomic E-state index is 12.5. The minimum atomic E-state index is -3.52. The number of sulfonamides is 1. The predicted octanol–water partition coefficient (Wildman–Crippen LogP) is 1.90. The molecule has 2 N–H and O–H groups in total. The number of hydrogen-bond acceptors (Lipinski definition) is 4. The van der Waals surface area contributed by atoms with Crippen LogP contribution in [0.15, 0.2) is 29.2 Å². The first kappa shape index (κ1) is 16.9. The summed E-state index contributed by atoms with van der Waals surface area (Å²) in [6.45, 7) is 5.19. The largest absolute Gasteiger partial charge is 0.395 e. The lowest BCUT2D eigenvalue weighted by Gasteiger charge is -2.21. The second-order valence-corrected chi connectivity index (χ2v) is 6.47. The van der Waals surface area contributed by atoms with Crippen LogP contribution in [0.1, 0.15) is 26.7 Å². The van der Waals surface area contributed by atoms with E-state index in [2.05, 4.69) is 5.32 Å². The molecule has 0 atom stereocenters. The van der Waals surface area contributed by atoms with Gasteiger partial charge in [0, 0.05) is 25.3 Å². The molecule has 0 unspecified atom stereocenters. The van der Waals surface area contributed by atoms with Gasteiger partial charge in [-0.15, -0.1) is 0 Å². The summed E-state index contributed by atoms with van der Waals surface area (Å²) >= 11 is 0. The Morgan fingerprint density at radius 1 is 1.15 bits per heavy atom. The predicted molar refractivity (Wildman–Crippen MR) is 81.4 cm³/mol. The fourth-order valence-electron chi connectivity index (χ4n) is 1.90. The molecule has 0 radical (unpaired) electrons. The van der Waals surface area contributed by atoms with Gasteiger partial charge in [-0.25, -0.2) is 8.42 Å². The topological polar surface area (TPSA) is 69.6 Å². The minimum absolute atomic E-state index is 0.136. The van der Waals surface area contributed by atoms with Gasteiger partial charge in [-0.1, -0.05) is 13.3 Å². The van der Waals surface area contributed by atoms with E-state index in [1.165, 1.54) is 4.31 Å². The van der Waals surface area contributed by atoms with Gasteiger partial charge in [0.25, 0.3) is 0 Å². The molecule has 1 rings (SSSR count). The molecule has 1 aromatic carbocycles. The zero-order chi connectivity index (χ0) is 15.0. The number of nitrogens with zero attached hydrogens (tertiary/aromatic N) is 1. The lowest BCUT2D eigenvalue weighted by molar-refractivity contribution is 0.252. The van der Waals surface area contributed by atoms with Crippen LogP contribution < -0.4 is 5.32 Å². The van der Waals surface area contributed by atoms with E-state index in [0.29, 0.717) is 6.54 Å². The van der Waals surface area contributed by atoms with E-state index in [1.807, 2.05) is 13.8 Å². The Kier molecular flexibility index (Phi) is 6.98. The van der Waals surface area contributed by atoms with Crippen molar-refractivity contribution < 1.29 is 13.5 Å². The van der Waals surface area contributed by atoms with Crippen LogP contribution in [0, 0.1) is 0 Å². The van der Waals surface area contributed by atoms with Crippen molar-refractivity contribution >= 4 is 15.7 Å². The summed E-state index contributed by atoms with van der Waals surface area (Å²) in [4.78, 5) is 0.267. The van der Waals surface area contributed by atoms with Crippen LogP contribution in [0.25, 0.3) is 0 Å². The number of rotatable bonds is 9. The quantitative estimate of drug-likeness (QED) is 0.731. The molecule has 114 valence electrons. The highest BCUT2D eigenvalue weighted by molar-refractivity contribution is 7.89. The second kappa shape index (κ2) is 8.24. The Labute approximate surface area is 121 Å². The lowest BCUT2D eigenvalue weighted by Crippen LogP contribution is -2.34. The van der Waals surface area contributed by atoms with Crippen molar-refractivity contribution in [3.05, 3.63) is 24.3 Å². The molecule has 0 aliphatic heterocycles. The van der Waals surface area contributed by atoms with Gasteiger partial charge in [0.05, 0.1) is 11.5 Å². The summed E-state index contributed by atoms with van der Waals surface area (Å²) < 4.78 is 26.3. The lowest BCUT2D eigenvalue weighted by atomic mass is 10.3. The minimum Gasteiger partial charge on any atom is -0.395 e. The van der Waals surface area contributed by atoms with Crippen molar-refractivity contribution in [3.8, 4) is 0 Å². The molecule has 0 saturated heterocycles. The standard InChI is InChI=1S/C14H24N2O3S/c1-3-5-10-16(11-12-17)20(18,19)14-8-6-13(7-9-14)15-4-2/h6-9,15,17H,3-5,10-12H2,1-2H3. The molecule has 0 amide bonds. The average molecular weight is 300 g/mol. The summed E-state index contributed by atoms with van der Waals surface area (Å²) in [6.07, 6.45) is 1.70. The number of anilines is 1. The van der Waals surface area contributed by atoms with Crippen LogP contribution in [-0.4, -0.2) is 44.1 Å². The number of aliphatic hydroxyl groups excluding tert-OH is 1. The molecule has 0 saturated carbocycles. The molecule has 0 aliphatic carbocycles. The van der Waals surface area contributed by atoms with Crippen molar-refractivity contribution in [2.24, 2.45) is 0 Å². The molecule has 0 bridgehead atoms. The van der Waals surface area contributed by atoms with Crippen LogP contribution in [0.5, 0.6) is 0 Å². The molecule has 1 aromatic rings. The van der Waals surface area contributed by atoms with Crippen LogP contribution in [0.3, 0.4) is 0 Å². The number of unbranched alkanes of at least 4 members (excludes halogenated alkanes) is 1. The molecule has 5 nitrogen and oxygen atoms in total. The fourth-order valence-corrected chi connectivity index (χ4v) is 3.37. The van der Waals surface area contributed by atoms with Gasteiger partial charge in [-0.05, 0) is 37.6 Å². The molecule has 0 heterocycles. The van der Waals surface area contributed by atoms with Crippen molar-refractivity contribution in [1.29, 1.82) is 0 Å². The molecule has 20 heavy (non-hydrogen) atoms. The average Bonchev–Trinajstić information content (AvgIpc) is 2.44. The van der Waals surface area contributed by atoms with Crippen molar-refractivity contribution in [2.45, 2.75) is 31.6 Å². The second-order valence-electron chi connectivity index (χ2n) is 4.54. The Hall–Kier alpha value is -1.11. The smallest absolute Gasteiger partial charge is 0.243 e. The summed E-state index contributed by atoms with van der Waals surface area (Å²) in [7, 11) is -3.52. The number of benzene rings is 1. The van der Waals surface area contributed by atoms with Gasteiger partial charge in [0.1, 0.15) is 0 Å². The van der Waals surface area contributed by atoms with E-state index < -0.39 is 10.0 Å². The molecule has 6 heteroatoms. The van der Waals surface area contributed by atoms with E-state index >= 15 is 0 Å². The summed E-state index contributed by atoms with van der Waals surface area (Å²) in [5.41, 5.74) is 0.897. The molecular weight excluding hydrogens is 276 g/mol. The first-order valence-corrected chi connectivity index (χ1v) is 8.45. The molecule has 0 aliphatic rings. The Morgan fingerprint density at radius 3 is 2.30 bits per heavy atom. The zero-order valence-electron chi connectivity index (χ0n) is 12.2. The van der Waals surface area contributed by atoms with E-state index in [4.69, 9.17) is 5.11 Å². The van der Waals surface area contributed by atoms with Gasteiger partial charge >= 0.3 is 0 Å². The Bertz CT molecular complexity index is 486. The Morgan fingerprint density at radius 2 is 1.80 bits per heavy atom. The number of aliphatic hydroxyl groups is 1. The van der Waals surface area contributed by atoms with Gasteiger partial charge in [0.15, 0.2) is 0 Å². The molecular formula is C14H24N2O3S. The van der Waals surface area contributed by atoms with E-state index in [-0.39, 0.29) is 18.0 Å². The summed E-state index contributed by atoms with van der Waals surface area (Å²) in [5, 5.41) is 12.2. The fraction of sp³-hybridized carbons (Fsp3) is 0.571. The highest BCUT2D eigenvalue weighted by atomic mass is 32.2. The first-order chi connectivity index (χ1) is 9.56. The van der Waals surface area contributed by atoms with E-state index in [9.17, 15) is 8.42 Å². The van der Waals surface area contributed by atoms with E-state index in [0.717, 1.165) is 25.1 Å². The van der Waals surface area contributed by atoms with Crippen LogP contribution in [-0.2, 0) is 10.0 Å². The maximum Gasteiger partial charge on any atom is 0.243 e. The number of nitrogens with one attached hydrogen (secondary N) is 1. The third kappa shape index (κ3) is 4.47. The van der Waals surface area contributed by atoms with Gasteiger partial charge in [0.2, 0.25) is 10.0 Å². The third-order valence-electron chi connectivity index (χ3n) is 2.98. The molecule has 0 fully saturated rings. The first-order valence-electron chi connectivity index (χ1n) is 7.01. The highest BCUT2D eigenvalue weighted by Crippen LogP contribution is 2.18. The van der Waals surface area contributed by atoms with Crippen molar-refractivity contribution in [2.75, 3.05) is 31.6 Å². The maximum absolute atomic E-state index is 12.5. The van der Waals surface area contributed by atoms with Gasteiger partial charge in [-0.3, -0.25) is 0 Å². The number of hydrogen-bond donors (Lipinski definition) is 2. The van der Waals surface area contributed by atoms with Crippen LogP contribution >= 0.6 is 0 Å². The van der Waals surface area contributed by atoms with Crippen molar-refractivity contribution in [3.63, 3.8) is 0 Å². The van der Waals surface area contributed by atoms with E-state index in [1.54, 1.807) is 24.3 Å².